The van der Waals surface area contributed by atoms with Crippen LogP contribution in [0.4, 0.5) is 8.78 Å². The van der Waals surface area contributed by atoms with Crippen LogP contribution in [0.15, 0.2) is 55.4 Å². The fourth-order valence-corrected chi connectivity index (χ4v) is 14.4. The average molecular weight is 1120 g/mol. The van der Waals surface area contributed by atoms with Crippen molar-refractivity contribution in [3.63, 3.8) is 0 Å². The minimum absolute atomic E-state index is 0.118. The monoisotopic (exact) mass is 1120 g/mol. The second kappa shape index (κ2) is 24.8. The number of hydrogen-bond donors (Lipinski definition) is 0. The van der Waals surface area contributed by atoms with Crippen molar-refractivity contribution < 1.29 is 37.3 Å². The van der Waals surface area contributed by atoms with E-state index in [4.69, 9.17) is 28.9 Å². The Balaban J connectivity index is 0.000000154. The lowest BCUT2D eigenvalue weighted by Crippen LogP contribution is -2.48. The highest BCUT2D eigenvalue weighted by atomic mass is 19.1. The van der Waals surface area contributed by atoms with Crippen molar-refractivity contribution in [3.05, 3.63) is 112 Å². The van der Waals surface area contributed by atoms with Crippen LogP contribution >= 0.6 is 0 Å². The Kier molecular flexibility index (Phi) is 16.5. The number of carbonyl (C=O) groups is 2. The van der Waals surface area contributed by atoms with Gasteiger partial charge in [0.05, 0.1) is 13.2 Å². The van der Waals surface area contributed by atoms with Crippen LogP contribution in [0.5, 0.6) is 11.5 Å². The van der Waals surface area contributed by atoms with Gasteiger partial charge in [-0.1, -0.05) is 6.08 Å². The van der Waals surface area contributed by atoms with Gasteiger partial charge in [-0.2, -0.15) is 0 Å². The largest absolute Gasteiger partial charge is 0.493 e. The van der Waals surface area contributed by atoms with Crippen LogP contribution in [0.25, 0.3) is 16.9 Å². The van der Waals surface area contributed by atoms with E-state index in [-0.39, 0.29) is 35.3 Å². The number of ether oxygens (including phenoxy) is 4. The number of aryl methyl sites for hydroxylation is 2. The molecular formula is C62H76F2N12O6. The zero-order valence-corrected chi connectivity index (χ0v) is 47.1. The summed E-state index contributed by atoms with van der Waals surface area (Å²) in [6, 6.07) is 7.67. The molecule has 434 valence electrons. The highest BCUT2D eigenvalue weighted by molar-refractivity contribution is 5.82. The predicted molar refractivity (Wildman–Crippen MR) is 302 cm³/mol. The smallest absolute Gasteiger partial charge is 0.226 e. The second-order valence-corrected chi connectivity index (χ2v) is 23.6. The maximum absolute atomic E-state index is 14.7. The third kappa shape index (κ3) is 11.5. The van der Waals surface area contributed by atoms with Crippen molar-refractivity contribution in [1.29, 1.82) is 0 Å². The van der Waals surface area contributed by atoms with Crippen molar-refractivity contribution in [2.45, 2.75) is 127 Å². The van der Waals surface area contributed by atoms with Crippen LogP contribution in [0.3, 0.4) is 0 Å². The van der Waals surface area contributed by atoms with Gasteiger partial charge in [-0.15, -0.1) is 20.4 Å². The lowest BCUT2D eigenvalue weighted by molar-refractivity contribution is -0.138. The number of likely N-dealkylation sites (tertiary alicyclic amines) is 3. The molecule has 14 rings (SSSR count). The molecule has 2 aromatic carbocycles. The normalized spacial score (nSPS) is 21.0. The number of hydrogen-bond acceptors (Lipinski definition) is 14. The van der Waals surface area contributed by atoms with Crippen molar-refractivity contribution in [1.82, 2.24) is 58.8 Å². The summed E-state index contributed by atoms with van der Waals surface area (Å²) in [7, 11) is 0. The molecular weight excluding hydrogens is 1050 g/mol. The highest BCUT2D eigenvalue weighted by Crippen LogP contribution is 2.36. The SMILES string of the molecule is O=C(C1CCN(C2CCOCC2)CC1)N1CC=C(c2cnc(CCc3c(F)ccc4c3CCO4)n3cnnc23)CC1.O=C(C1CCN(C2CCOCC2)CC1)N1CCC(c2cnc(CCc3c(F)ccc4c3CCO4)n3cnnc23)CC1. The molecule has 0 N–H and O–H groups in total. The Bertz CT molecular complexity index is 3280. The van der Waals surface area contributed by atoms with Crippen LogP contribution in [0, 0.1) is 23.5 Å². The van der Waals surface area contributed by atoms with Crippen LogP contribution in [0.1, 0.15) is 122 Å². The van der Waals surface area contributed by atoms with Gasteiger partial charge in [-0.25, -0.2) is 18.7 Å². The van der Waals surface area contributed by atoms with Gasteiger partial charge in [-0.3, -0.25) is 18.4 Å². The molecule has 6 aromatic rings. The number of carbonyl (C=O) groups excluding carboxylic acids is 2. The number of amides is 2. The molecule has 0 spiro atoms. The Hall–Kier alpha value is -6.48. The Morgan fingerprint density at radius 1 is 0.537 bits per heavy atom. The molecule has 0 atom stereocenters. The molecule has 0 unspecified atom stereocenters. The predicted octanol–water partition coefficient (Wildman–Crippen LogP) is 7.07. The van der Waals surface area contributed by atoms with Crippen LogP contribution in [-0.2, 0) is 57.6 Å². The summed E-state index contributed by atoms with van der Waals surface area (Å²) < 4.78 is 55.5. The van der Waals surface area contributed by atoms with Gasteiger partial charge >= 0.3 is 0 Å². The third-order valence-corrected chi connectivity index (χ3v) is 19.2. The van der Waals surface area contributed by atoms with Gasteiger partial charge in [0.1, 0.15) is 47.4 Å². The number of halogens is 2. The first-order chi connectivity index (χ1) is 40.3. The van der Waals surface area contributed by atoms with Gasteiger partial charge in [-0.05, 0) is 157 Å². The van der Waals surface area contributed by atoms with E-state index in [2.05, 4.69) is 41.2 Å². The molecule has 5 fully saturated rings. The third-order valence-electron chi connectivity index (χ3n) is 19.2. The average Bonchev–Trinajstić information content (AvgIpc) is 4.46. The number of piperidine rings is 3. The minimum atomic E-state index is -0.192. The number of fused-ring (bicyclic) bond motifs is 4. The fraction of sp³-hybridized carbons (Fsp3) is 0.581. The topological polar surface area (TPSA) is 170 Å². The summed E-state index contributed by atoms with van der Waals surface area (Å²) >= 11 is 0. The number of rotatable bonds is 12. The van der Waals surface area contributed by atoms with Crippen molar-refractivity contribution in [2.75, 3.05) is 92.0 Å². The lowest BCUT2D eigenvalue weighted by Gasteiger charge is -2.40. The fourth-order valence-electron chi connectivity index (χ4n) is 14.4. The maximum Gasteiger partial charge on any atom is 0.226 e. The molecule has 0 saturated carbocycles. The molecule has 4 aromatic heterocycles. The van der Waals surface area contributed by atoms with Crippen molar-refractivity contribution >= 4 is 28.7 Å². The molecule has 0 bridgehead atoms. The Morgan fingerprint density at radius 3 is 1.59 bits per heavy atom. The molecule has 0 aliphatic carbocycles. The number of benzene rings is 2. The van der Waals surface area contributed by atoms with E-state index in [9.17, 15) is 18.4 Å². The molecule has 12 heterocycles. The van der Waals surface area contributed by atoms with E-state index >= 15 is 0 Å². The first-order valence-electron chi connectivity index (χ1n) is 30.4. The summed E-state index contributed by atoms with van der Waals surface area (Å²) in [6.45, 7) is 11.6. The molecule has 82 heavy (non-hydrogen) atoms. The molecule has 2 amide bonds. The van der Waals surface area contributed by atoms with Crippen molar-refractivity contribution in [2.24, 2.45) is 11.8 Å². The minimum Gasteiger partial charge on any atom is -0.493 e. The molecule has 8 aliphatic rings. The zero-order valence-electron chi connectivity index (χ0n) is 47.1. The van der Waals surface area contributed by atoms with Crippen LogP contribution in [-0.4, -0.2) is 175 Å². The van der Waals surface area contributed by atoms with Gasteiger partial charge in [0, 0.05) is 137 Å². The molecule has 5 saturated heterocycles. The summed E-state index contributed by atoms with van der Waals surface area (Å²) in [4.78, 5) is 45.6. The van der Waals surface area contributed by atoms with Crippen molar-refractivity contribution in [3.8, 4) is 11.5 Å². The molecule has 0 radical (unpaired) electrons. The zero-order chi connectivity index (χ0) is 55.5. The highest BCUT2D eigenvalue weighted by Gasteiger charge is 2.36. The standard InChI is InChI=1S/C31H39FN6O3.C31H37FN6O3/c2*32-27-2-3-28-25(11-18-41-28)24(27)1-4-29-33-19-26(30-35-34-20-38(29)30)21-5-14-37(15-6-21)31(39)22-7-12-36(13-8-22)23-9-16-40-17-10-23/h2-3,19-23H,1,4-18H2;2-3,5,19-20,22-23H,1,4,6-18H2. The van der Waals surface area contributed by atoms with Crippen LogP contribution in [0.2, 0.25) is 0 Å². The number of nitrogens with zero attached hydrogens (tertiary/aromatic N) is 12. The summed E-state index contributed by atoms with van der Waals surface area (Å²) in [5, 5.41) is 17.2. The lowest BCUT2D eigenvalue weighted by atomic mass is 9.88. The molecule has 8 aliphatic heterocycles. The first kappa shape index (κ1) is 54.8. The second-order valence-electron chi connectivity index (χ2n) is 23.6. The molecule has 20 heteroatoms. The van der Waals surface area contributed by atoms with E-state index in [0.717, 1.165) is 217 Å². The van der Waals surface area contributed by atoms with E-state index in [0.29, 0.717) is 75.5 Å². The Morgan fingerprint density at radius 2 is 1.05 bits per heavy atom. The maximum atomic E-state index is 14.7. The van der Waals surface area contributed by atoms with Gasteiger partial charge in [0.25, 0.3) is 0 Å². The van der Waals surface area contributed by atoms with E-state index < -0.39 is 0 Å². The quantitative estimate of drug-likeness (QED) is 0.122. The summed E-state index contributed by atoms with van der Waals surface area (Å²) in [6.07, 6.45) is 23.9. The summed E-state index contributed by atoms with van der Waals surface area (Å²) in [5.41, 5.74) is 8.13. The molecule has 18 nitrogen and oxygen atoms in total. The van der Waals surface area contributed by atoms with E-state index in [1.54, 1.807) is 24.8 Å². The first-order valence-corrected chi connectivity index (χ1v) is 30.4. The Labute approximate surface area is 477 Å². The van der Waals surface area contributed by atoms with E-state index in [1.165, 1.54) is 12.1 Å². The van der Waals surface area contributed by atoms with E-state index in [1.807, 2.05) is 26.1 Å². The number of aromatic nitrogens is 8. The van der Waals surface area contributed by atoms with Gasteiger partial charge in [0.2, 0.25) is 11.8 Å². The summed E-state index contributed by atoms with van der Waals surface area (Å²) in [5.74, 6) is 4.00. The van der Waals surface area contributed by atoms with Gasteiger partial charge in [0.15, 0.2) is 11.3 Å². The van der Waals surface area contributed by atoms with Crippen LogP contribution < -0.4 is 9.47 Å². The van der Waals surface area contributed by atoms with Gasteiger partial charge < -0.3 is 38.5 Å².